The van der Waals surface area contributed by atoms with E-state index in [1.807, 2.05) is 0 Å². The molecule has 1 saturated carbocycles. The van der Waals surface area contributed by atoms with E-state index in [1.165, 1.54) is 29.5 Å². The van der Waals surface area contributed by atoms with Gasteiger partial charge in [0.15, 0.2) is 0 Å². The van der Waals surface area contributed by atoms with E-state index < -0.39 is 0 Å². The van der Waals surface area contributed by atoms with Gasteiger partial charge in [0.2, 0.25) is 0 Å². The van der Waals surface area contributed by atoms with Crippen LogP contribution in [-0.4, -0.2) is 0 Å². The maximum atomic E-state index is 3.96. The number of allylic oxidation sites excluding steroid dienone is 7. The zero-order valence-electron chi connectivity index (χ0n) is 14.2. The highest BCUT2D eigenvalue weighted by Crippen LogP contribution is 2.55. The molecular formula is C22H28. The minimum Gasteiger partial charge on any atom is -0.103 e. The third kappa shape index (κ3) is 3.88. The average Bonchev–Trinajstić information content (AvgIpc) is 3.29. The highest BCUT2D eigenvalue weighted by molar-refractivity contribution is 5.36. The molecule has 1 aliphatic rings. The number of aryl methyl sites for hydroxylation is 1. The Hall–Kier alpha value is -1.82. The van der Waals surface area contributed by atoms with Crippen LogP contribution < -0.4 is 0 Å². The summed E-state index contributed by atoms with van der Waals surface area (Å²) in [7, 11) is 0. The second-order valence-corrected chi connectivity index (χ2v) is 6.45. The largest absolute Gasteiger partial charge is 0.103 e. The van der Waals surface area contributed by atoms with Crippen molar-refractivity contribution in [2.75, 3.05) is 0 Å². The zero-order chi connectivity index (χ0) is 16.0. The fourth-order valence-electron chi connectivity index (χ4n) is 3.22. The lowest BCUT2D eigenvalue weighted by molar-refractivity contribution is 0.495. The lowest BCUT2D eigenvalue weighted by Crippen LogP contribution is -2.18. The summed E-state index contributed by atoms with van der Waals surface area (Å²) < 4.78 is 0. The Labute approximate surface area is 136 Å². The molecule has 0 radical (unpaired) electrons. The molecule has 0 heterocycles. The maximum absolute atomic E-state index is 3.96. The molecule has 1 aromatic carbocycles. The van der Waals surface area contributed by atoms with Crippen molar-refractivity contribution in [3.8, 4) is 0 Å². The Morgan fingerprint density at radius 1 is 1.27 bits per heavy atom. The molecule has 0 saturated heterocycles. The molecule has 1 aromatic rings. The van der Waals surface area contributed by atoms with Crippen LogP contribution in [0.5, 0.6) is 0 Å². The molecule has 0 bridgehead atoms. The molecule has 0 nitrogen and oxygen atoms in total. The van der Waals surface area contributed by atoms with Crippen LogP contribution in [0.25, 0.3) is 0 Å². The SMILES string of the molecule is C=CCC(/C=C/C=C(C)\C=C/C)C1(c2ccc(C)cc2)CC1. The summed E-state index contributed by atoms with van der Waals surface area (Å²) in [5, 5.41) is 0. The first-order chi connectivity index (χ1) is 10.6. The summed E-state index contributed by atoms with van der Waals surface area (Å²) in [4.78, 5) is 0. The lowest BCUT2D eigenvalue weighted by Gasteiger charge is -2.24. The summed E-state index contributed by atoms with van der Waals surface area (Å²) >= 11 is 0. The summed E-state index contributed by atoms with van der Waals surface area (Å²) in [5.41, 5.74) is 4.45. The first-order valence-electron chi connectivity index (χ1n) is 8.28. The molecule has 0 aromatic heterocycles. The fraction of sp³-hybridized carbons (Fsp3) is 0.364. The van der Waals surface area contributed by atoms with Gasteiger partial charge in [-0.3, -0.25) is 0 Å². The van der Waals surface area contributed by atoms with Gasteiger partial charge in [0.1, 0.15) is 0 Å². The molecule has 0 N–H and O–H groups in total. The first-order valence-corrected chi connectivity index (χ1v) is 8.28. The minimum absolute atomic E-state index is 0.334. The van der Waals surface area contributed by atoms with Gasteiger partial charge < -0.3 is 0 Å². The van der Waals surface area contributed by atoms with E-state index in [-0.39, 0.29) is 0 Å². The molecule has 1 fully saturated rings. The summed E-state index contributed by atoms with van der Waals surface area (Å²) in [6, 6.07) is 9.10. The van der Waals surface area contributed by atoms with E-state index >= 15 is 0 Å². The zero-order valence-corrected chi connectivity index (χ0v) is 14.2. The summed E-state index contributed by atoms with van der Waals surface area (Å²) in [5.74, 6) is 0.544. The molecule has 0 heteroatoms. The molecule has 1 atom stereocenters. The molecule has 0 amide bonds. The standard InChI is InChI=1S/C22H28/c1-5-8-18(3)10-7-11-20(9-6-2)22(16-17-22)21-14-12-19(4)13-15-21/h5-8,10-15,20H,2,9,16-17H2,1,3-4H3/b8-5-,11-7+,18-10-. The van der Waals surface area contributed by atoms with E-state index in [1.54, 1.807) is 0 Å². The number of benzene rings is 1. The van der Waals surface area contributed by atoms with E-state index in [4.69, 9.17) is 0 Å². The van der Waals surface area contributed by atoms with Crippen molar-refractivity contribution in [3.05, 3.63) is 84.0 Å². The second-order valence-electron chi connectivity index (χ2n) is 6.45. The molecule has 0 spiro atoms. The predicted molar refractivity (Wildman–Crippen MR) is 98.1 cm³/mol. The van der Waals surface area contributed by atoms with E-state index in [0.717, 1.165) is 6.42 Å². The third-order valence-corrected chi connectivity index (χ3v) is 4.68. The molecule has 116 valence electrons. The van der Waals surface area contributed by atoms with Crippen molar-refractivity contribution in [2.45, 2.75) is 45.4 Å². The number of hydrogen-bond donors (Lipinski definition) is 0. The van der Waals surface area contributed by atoms with Crippen LogP contribution in [0.1, 0.15) is 44.2 Å². The van der Waals surface area contributed by atoms with Crippen LogP contribution >= 0.6 is 0 Å². The number of hydrogen-bond acceptors (Lipinski definition) is 0. The quantitative estimate of drug-likeness (QED) is 0.409. The molecule has 1 unspecified atom stereocenters. The topological polar surface area (TPSA) is 0 Å². The van der Waals surface area contributed by atoms with Crippen molar-refractivity contribution < 1.29 is 0 Å². The number of rotatable bonds is 7. The summed E-state index contributed by atoms with van der Waals surface area (Å²) in [6.07, 6.45) is 16.7. The lowest BCUT2D eigenvalue weighted by atomic mass is 9.80. The monoisotopic (exact) mass is 292 g/mol. The van der Waals surface area contributed by atoms with Gasteiger partial charge in [0.05, 0.1) is 0 Å². The molecule has 22 heavy (non-hydrogen) atoms. The Bertz CT molecular complexity index is 577. The molecule has 1 aliphatic carbocycles. The highest BCUT2D eigenvalue weighted by atomic mass is 14.5. The highest BCUT2D eigenvalue weighted by Gasteiger charge is 2.48. The van der Waals surface area contributed by atoms with Crippen molar-refractivity contribution in [1.82, 2.24) is 0 Å². The normalized spacial score (nSPS) is 18.8. The van der Waals surface area contributed by atoms with Gasteiger partial charge in [-0.05, 0) is 51.5 Å². The Balaban J connectivity index is 2.20. The van der Waals surface area contributed by atoms with Gasteiger partial charge in [-0.15, -0.1) is 6.58 Å². The second kappa shape index (κ2) is 7.45. The van der Waals surface area contributed by atoms with Crippen LogP contribution in [0.4, 0.5) is 0 Å². The van der Waals surface area contributed by atoms with Gasteiger partial charge in [-0.25, -0.2) is 0 Å². The summed E-state index contributed by atoms with van der Waals surface area (Å²) in [6.45, 7) is 10.3. The van der Waals surface area contributed by atoms with E-state index in [9.17, 15) is 0 Å². The van der Waals surface area contributed by atoms with Crippen molar-refractivity contribution in [3.63, 3.8) is 0 Å². The predicted octanol–water partition coefficient (Wildman–Crippen LogP) is 6.30. The molecular weight excluding hydrogens is 264 g/mol. The fourth-order valence-corrected chi connectivity index (χ4v) is 3.22. The van der Waals surface area contributed by atoms with Crippen molar-refractivity contribution >= 4 is 0 Å². The van der Waals surface area contributed by atoms with Crippen LogP contribution in [-0.2, 0) is 5.41 Å². The average molecular weight is 292 g/mol. The van der Waals surface area contributed by atoms with Gasteiger partial charge >= 0.3 is 0 Å². The third-order valence-electron chi connectivity index (χ3n) is 4.68. The Morgan fingerprint density at radius 2 is 1.95 bits per heavy atom. The van der Waals surface area contributed by atoms with Crippen LogP contribution in [0, 0.1) is 12.8 Å². The molecule has 0 aliphatic heterocycles. The van der Waals surface area contributed by atoms with Gasteiger partial charge in [0, 0.05) is 5.41 Å². The van der Waals surface area contributed by atoms with Crippen molar-refractivity contribution in [1.29, 1.82) is 0 Å². The molecule has 2 rings (SSSR count). The minimum atomic E-state index is 0.334. The van der Waals surface area contributed by atoms with Gasteiger partial charge in [-0.1, -0.05) is 71.9 Å². The van der Waals surface area contributed by atoms with Crippen LogP contribution in [0.15, 0.2) is 72.9 Å². The van der Waals surface area contributed by atoms with Gasteiger partial charge in [-0.2, -0.15) is 0 Å². The van der Waals surface area contributed by atoms with E-state index in [0.29, 0.717) is 11.3 Å². The van der Waals surface area contributed by atoms with Crippen molar-refractivity contribution in [2.24, 2.45) is 5.92 Å². The van der Waals surface area contributed by atoms with Crippen LogP contribution in [0.3, 0.4) is 0 Å². The smallest absolute Gasteiger partial charge is 0.00194 e. The Kier molecular flexibility index (Phi) is 5.60. The van der Waals surface area contributed by atoms with Crippen LogP contribution in [0.2, 0.25) is 0 Å². The van der Waals surface area contributed by atoms with E-state index in [2.05, 4.69) is 88.1 Å². The van der Waals surface area contributed by atoms with Gasteiger partial charge in [0.25, 0.3) is 0 Å². The Morgan fingerprint density at radius 3 is 2.50 bits per heavy atom. The maximum Gasteiger partial charge on any atom is 0.00194 e. The first kappa shape index (κ1) is 16.5.